The molecule has 41 nitrogen and oxygen atoms in total. The van der Waals surface area contributed by atoms with Gasteiger partial charge >= 0.3 is 105 Å². The summed E-state index contributed by atoms with van der Waals surface area (Å²) >= 11 is 50.3. The fourth-order valence-electron chi connectivity index (χ4n) is 11.4. The van der Waals surface area contributed by atoms with Crippen LogP contribution in [0.2, 0.25) is 15.5 Å². The molecule has 2 aliphatic heterocycles. The molecule has 14 rings (SSSR count). The Morgan fingerprint density at radius 1 is 0.619 bits per heavy atom. The minimum Gasteiger partial charge on any atom is -1.00 e. The van der Waals surface area contributed by atoms with Crippen molar-refractivity contribution in [3.05, 3.63) is 220 Å². The minimum atomic E-state index is -3.55. The number of anilines is 1. The molecule has 2 saturated heterocycles. The zero-order valence-corrected chi connectivity index (χ0v) is 98.6. The van der Waals surface area contributed by atoms with E-state index in [1.807, 2.05) is 90.9 Å². The van der Waals surface area contributed by atoms with Crippen molar-refractivity contribution in [2.75, 3.05) is 61.2 Å². The van der Waals surface area contributed by atoms with Gasteiger partial charge in [0.15, 0.2) is 41.0 Å². The summed E-state index contributed by atoms with van der Waals surface area (Å²) in [5.41, 5.74) is 12.9. The predicted molar refractivity (Wildman–Crippen MR) is 581 cm³/mol. The van der Waals surface area contributed by atoms with Crippen LogP contribution in [0.3, 0.4) is 0 Å². The molecular weight excluding hydrogens is 2460 g/mol. The van der Waals surface area contributed by atoms with Crippen molar-refractivity contribution in [2.45, 2.75) is 192 Å². The first-order chi connectivity index (χ1) is 66.7. The number of hydrogen-bond acceptors (Lipinski definition) is 35. The molecule has 2 fully saturated rings. The SMILES string of the molecule is C.C.C.C.CC(=O)OC(C)(C)C.COC(=O)C(O)c1c(C)nc2cc(Br)nn2c1Cl.COC(=O)C(OC(C)(C)C)c1c(C)nc2cc(Br)nn2c1Cl.COC(=O)CC(C(C)=O)C(=O)OC.COC(=O)Cc1c(C)nc2cc(Br)[nH]n2c1=O.COC(=O)Cc1c(C)nc2cc(Br)nn2c1Cl.Cc1ccc(B(O)O)cc1.Nc1cc(Br)[nH]n1.O=P(Cl)(Cl)Cl.O=S(=O)(c1ccccc1)N1OC1c1ccccc1.[2H]CSC1CCCO1.[H-].[K+]. The van der Waals surface area contributed by atoms with E-state index in [2.05, 4.69) is 188 Å². The van der Waals surface area contributed by atoms with E-state index in [-0.39, 0.29) is 146 Å². The Balaban J connectivity index is -0.00000160. The number of halogens is 11. The van der Waals surface area contributed by atoms with E-state index in [1.54, 1.807) is 112 Å². The van der Waals surface area contributed by atoms with E-state index < -0.39 is 87.9 Å². The molecule has 0 saturated carbocycles. The summed E-state index contributed by atoms with van der Waals surface area (Å²) in [7, 11) is 2.57. The average Bonchev–Trinajstić information content (AvgIpc) is 1.60. The molecule has 12 aromatic rings. The van der Waals surface area contributed by atoms with E-state index in [0.29, 0.717) is 109 Å². The third-order valence-corrected chi connectivity index (χ3v) is 23.3. The Morgan fingerprint density at radius 2 is 1.06 bits per heavy atom. The number of thioether (sulfide) groups is 1. The number of esters is 7. The van der Waals surface area contributed by atoms with Crippen molar-refractivity contribution in [3.8, 4) is 0 Å². The summed E-state index contributed by atoms with van der Waals surface area (Å²) in [5, 5.41) is 46.2. The Morgan fingerprint density at radius 3 is 1.46 bits per heavy atom. The smallest absolute Gasteiger partial charge is 1.00 e. The number of nitrogens with two attached hydrogens (primary N) is 1. The van der Waals surface area contributed by atoms with Crippen molar-refractivity contribution in [2.24, 2.45) is 5.92 Å². The first-order valence-corrected chi connectivity index (χ1v) is 53.0. The number of Topliss-reactive ketones (excluding diaryl/α,β-unsaturated/α-hetero) is 1. The normalized spacial score (nSPS) is 13.5. The van der Waals surface area contributed by atoms with Crippen LogP contribution in [0.15, 0.2) is 148 Å². The summed E-state index contributed by atoms with van der Waals surface area (Å²) in [6.07, 6.45) is -0.462. The second-order valence-electron chi connectivity index (χ2n) is 30.9. The zero-order chi connectivity index (χ0) is 108. The maximum absolute atomic E-state index is 12.2. The molecule has 0 radical (unpaired) electrons. The van der Waals surface area contributed by atoms with Gasteiger partial charge in [0, 0.05) is 79.1 Å². The molecule has 57 heteroatoms. The Hall–Kier alpha value is -7.00. The number of aryl methyl sites for hydroxylation is 5. The second-order valence-corrected chi connectivity index (χ2v) is 45.4. The number of nitrogen functional groups attached to an aromatic ring is 1. The third kappa shape index (κ3) is 48.1. The van der Waals surface area contributed by atoms with Crippen molar-refractivity contribution < 1.29 is 168 Å². The number of hydrogen-bond donors (Lipinski definition) is 6. The molecule has 2 aliphatic rings. The number of carbonyl (C=O) groups excluding carboxylic acids is 8. The van der Waals surface area contributed by atoms with Crippen LogP contribution in [-0.2, 0) is 113 Å². The van der Waals surface area contributed by atoms with Gasteiger partial charge in [0.1, 0.15) is 67.0 Å². The number of rotatable bonds is 18. The van der Waals surface area contributed by atoms with Crippen LogP contribution in [0, 0.1) is 40.5 Å². The number of nitrogens with zero attached hydrogens (tertiary/aromatic N) is 13. The largest absolute Gasteiger partial charge is 1.00 e. The van der Waals surface area contributed by atoms with E-state index in [0.717, 1.165) is 40.3 Å². The third-order valence-electron chi connectivity index (χ3n) is 17.9. The number of aliphatic hydroxyl groups is 1. The van der Waals surface area contributed by atoms with E-state index in [9.17, 15) is 61.2 Å². The van der Waals surface area contributed by atoms with E-state index in [1.165, 1.54) is 73.9 Å². The summed E-state index contributed by atoms with van der Waals surface area (Å²) in [4.78, 5) is 124. The number of methoxy groups -OCH3 is 6. The van der Waals surface area contributed by atoms with Gasteiger partial charge in [-0.25, -0.2) is 56.0 Å². The van der Waals surface area contributed by atoms with Gasteiger partial charge in [-0.1, -0.05) is 143 Å². The van der Waals surface area contributed by atoms with Gasteiger partial charge in [-0.2, -0.15) is 20.4 Å². The fraction of sp³-hybridized carbons (Fsp3) is 0.411. The number of aromatic amines is 2. The number of ketones is 1. The van der Waals surface area contributed by atoms with Gasteiger partial charge in [-0.05, 0) is 238 Å². The molecule has 808 valence electrons. The quantitative estimate of drug-likeness (QED) is 0.00883. The zero-order valence-electron chi connectivity index (χ0n) is 82.5. The molecule has 3 aromatic carbocycles. The average molecular weight is 2580 g/mol. The van der Waals surface area contributed by atoms with Crippen molar-refractivity contribution in [1.29, 1.82) is 0 Å². The number of hydroxylamine groups is 1. The number of carbonyl (C=O) groups is 8. The van der Waals surface area contributed by atoms with E-state index in [4.69, 9.17) is 75.7 Å². The number of fused-ring (bicyclic) bond motifs is 4. The molecule has 9 aromatic heterocycles. The topological polar surface area (TPSA) is 542 Å². The van der Waals surface area contributed by atoms with Crippen LogP contribution in [0.25, 0.3) is 22.6 Å². The molecule has 0 aliphatic carbocycles. The van der Waals surface area contributed by atoms with Crippen LogP contribution in [0.1, 0.15) is 182 Å². The molecule has 7 N–H and O–H groups in total. The van der Waals surface area contributed by atoms with Crippen molar-refractivity contribution in [1.82, 2.24) is 73.1 Å². The monoisotopic (exact) mass is 2580 g/mol. The number of aliphatic hydroxyl groups excluding tert-OH is 1. The molecule has 0 amide bonds. The second kappa shape index (κ2) is 67.5. The van der Waals surface area contributed by atoms with Gasteiger partial charge in [0.25, 0.3) is 15.6 Å². The minimum absolute atomic E-state index is 0. The van der Waals surface area contributed by atoms with Crippen LogP contribution >= 0.6 is 165 Å². The van der Waals surface area contributed by atoms with Gasteiger partial charge in [0.2, 0.25) is 0 Å². The number of aromatic nitrogens is 14. The predicted octanol–water partition coefficient (Wildman–Crippen LogP) is 16.1. The Bertz CT molecular complexity index is 6540. The molecule has 0 bridgehead atoms. The van der Waals surface area contributed by atoms with Gasteiger partial charge < -0.3 is 64.9 Å². The van der Waals surface area contributed by atoms with Crippen LogP contribution in [-0.4, -0.2) is 223 Å². The summed E-state index contributed by atoms with van der Waals surface area (Å²) in [6.45, 7) is 23.5. The molecule has 11 heterocycles. The molecular formula is C90H120BBr5Cl6KN16O25PS2. The maximum atomic E-state index is 12.2. The number of benzene rings is 3. The van der Waals surface area contributed by atoms with Crippen molar-refractivity contribution >= 4 is 264 Å². The molecule has 0 spiro atoms. The first kappa shape index (κ1) is 140. The standard InChI is InChI=1S/C14H17BrClN3O3.C13H11NO3S.C10H9BrClN3O3.C10H9BrClN3O2.C10H10BrN3O3.C8H12O5.C7H9BO2.C6H12O2.C5H10OS.C3H4BrN3.4CH4.Cl3OP.K.H/c1-7-10(11(13(20)21-5)22-14(2,3)4)12(16)19-9(17-7)6-8(15)18-19;15-18(16,12-9-5-2-6-10-12)14-13(17-14)11-7-3-1-4-8-11;1-4-7(8(16)10(17)18-2)9(12)15-6(13-4)3-5(11)14-15;1-5-6(3-9(16)17-2)10(12)15-8(13-5)4-7(11)14-15;1-5-6(3-9(15)17-2)10(16)14-8(12-5)4-7(11)13-14;1-5(9)6(8(11)13-3)4-7(10)12-2;1-6-2-4-7(5-3-6)8(9)10;1-5(7)8-6(2,3)4;1-7-5-3-2-4-6-5;4-2-1-3(5)7-6-2;;;;;1-5(2,3)4;;/h6,11H,1-5H3;1-10,13H;3,8,16H,1-2H3;4H,3H2,1-2H3;4,13H,3H2,1-2H3;6H,4H2,1-3H3;2-5,9-10H,1H3;1-4H3;5H,2-4H2,1H3;1H,(H3,5,6,7);4*1H4;;;/q;;;;;;;;;;;;;;;+1;-1/i;;;;;;;;1D;;;;;;;;. The van der Waals surface area contributed by atoms with E-state index >= 15 is 0 Å². The van der Waals surface area contributed by atoms with Crippen LogP contribution in [0.5, 0.6) is 0 Å². The van der Waals surface area contributed by atoms with Gasteiger partial charge in [0.05, 0.1) is 89.1 Å². The van der Waals surface area contributed by atoms with Crippen molar-refractivity contribution in [3.63, 3.8) is 0 Å². The maximum Gasteiger partial charge on any atom is 1.00 e. The number of sulfonamides is 1. The van der Waals surface area contributed by atoms with Gasteiger partial charge in [-0.3, -0.25) is 53.2 Å². The molecule has 6 atom stereocenters. The summed E-state index contributed by atoms with van der Waals surface area (Å²) in [6, 6.07) is 33.1. The fourth-order valence-corrected chi connectivity index (χ4v) is 16.1. The number of nitrogens with one attached hydrogen (secondary N) is 2. The number of ether oxygens (including phenoxy) is 9. The molecule has 147 heavy (non-hydrogen) atoms. The molecule has 6 unspecified atom stereocenters. The Kier molecular flexibility index (Phi) is 64.3. The number of H-pyrrole nitrogens is 2. The Labute approximate surface area is 973 Å². The summed E-state index contributed by atoms with van der Waals surface area (Å²) < 4.78 is 93.6. The van der Waals surface area contributed by atoms with Crippen LogP contribution < -0.4 is 68.1 Å². The first-order valence-electron chi connectivity index (χ1n) is 41.7. The summed E-state index contributed by atoms with van der Waals surface area (Å²) in [5.74, 6) is -4.64. The van der Waals surface area contributed by atoms with Gasteiger partial charge in [-0.15, -0.1) is 11.8 Å². The van der Waals surface area contributed by atoms with Crippen LogP contribution in [0.4, 0.5) is 5.82 Å².